The number of thioether (sulfide) groups is 1. The Kier molecular flexibility index (Phi) is 4.88. The van der Waals surface area contributed by atoms with Gasteiger partial charge < -0.3 is 0 Å². The fraction of sp³-hybridized carbons (Fsp3) is 0.111. The molecule has 0 atom stereocenters. The molecule has 0 aliphatic carbocycles. The molecule has 0 unspecified atom stereocenters. The van der Waals surface area contributed by atoms with Gasteiger partial charge >= 0.3 is 0 Å². The average Bonchev–Trinajstić information content (AvgIpc) is 2.97. The lowest BCUT2D eigenvalue weighted by molar-refractivity contribution is 0.626. The number of aromatic nitrogens is 3. The topological polar surface area (TPSA) is 30.7 Å². The van der Waals surface area contributed by atoms with Crippen LogP contribution in [0.5, 0.6) is 0 Å². The van der Waals surface area contributed by atoms with E-state index in [9.17, 15) is 4.39 Å². The molecule has 0 N–H and O–H groups in total. The highest BCUT2D eigenvalue weighted by Crippen LogP contribution is 2.27. The summed E-state index contributed by atoms with van der Waals surface area (Å²) in [5.74, 6) is 1.01. The molecule has 2 aromatic carbocycles. The number of halogens is 1. The number of hydrogen-bond donors (Lipinski definition) is 0. The molecule has 3 aromatic rings. The summed E-state index contributed by atoms with van der Waals surface area (Å²) >= 11 is 1.58. The van der Waals surface area contributed by atoms with Gasteiger partial charge in [0.2, 0.25) is 0 Å². The van der Waals surface area contributed by atoms with Crippen LogP contribution in [0.1, 0.15) is 5.56 Å². The van der Waals surface area contributed by atoms with Crippen molar-refractivity contribution >= 4 is 11.8 Å². The van der Waals surface area contributed by atoms with Crippen molar-refractivity contribution in [2.75, 3.05) is 0 Å². The lowest BCUT2D eigenvalue weighted by Crippen LogP contribution is -2.01. The number of hydrogen-bond acceptors (Lipinski definition) is 3. The van der Waals surface area contributed by atoms with Crippen LogP contribution in [0.25, 0.3) is 11.4 Å². The minimum Gasteiger partial charge on any atom is -0.298 e. The standard InChI is InChI=1S/C18H16FN3S/c1-2-12-22-17(15-10-6-7-11-16(15)19)20-21-18(22)23-13-14-8-4-3-5-9-14/h2-11H,1,12-13H2. The zero-order valence-electron chi connectivity index (χ0n) is 12.5. The first kappa shape index (κ1) is 15.5. The van der Waals surface area contributed by atoms with Crippen LogP contribution in [-0.4, -0.2) is 14.8 Å². The minimum absolute atomic E-state index is 0.301. The lowest BCUT2D eigenvalue weighted by Gasteiger charge is -2.08. The summed E-state index contributed by atoms with van der Waals surface area (Å²) in [5.41, 5.74) is 1.66. The highest BCUT2D eigenvalue weighted by molar-refractivity contribution is 7.98. The van der Waals surface area contributed by atoms with Gasteiger partial charge in [0.15, 0.2) is 11.0 Å². The van der Waals surface area contributed by atoms with E-state index in [1.54, 1.807) is 36.0 Å². The van der Waals surface area contributed by atoms with Crippen molar-refractivity contribution in [2.24, 2.45) is 0 Å². The SMILES string of the molecule is C=CCn1c(SCc2ccccc2)nnc1-c1ccccc1F. The van der Waals surface area contributed by atoms with Crippen molar-refractivity contribution in [3.63, 3.8) is 0 Å². The maximum atomic E-state index is 14.0. The summed E-state index contributed by atoms with van der Waals surface area (Å²) in [6.07, 6.45) is 1.76. The second-order valence-corrected chi connectivity index (χ2v) is 5.90. The Morgan fingerprint density at radius 2 is 1.78 bits per heavy atom. The average molecular weight is 325 g/mol. The third-order valence-electron chi connectivity index (χ3n) is 3.35. The van der Waals surface area contributed by atoms with Gasteiger partial charge in [0.1, 0.15) is 5.82 Å². The Hall–Kier alpha value is -2.40. The number of allylic oxidation sites excluding steroid dienone is 1. The van der Waals surface area contributed by atoms with Crippen molar-refractivity contribution in [2.45, 2.75) is 17.5 Å². The highest BCUT2D eigenvalue weighted by Gasteiger charge is 2.16. The minimum atomic E-state index is -0.301. The molecule has 0 radical (unpaired) electrons. The van der Waals surface area contributed by atoms with E-state index >= 15 is 0 Å². The maximum absolute atomic E-state index is 14.0. The monoisotopic (exact) mass is 325 g/mol. The summed E-state index contributed by atoms with van der Waals surface area (Å²) in [4.78, 5) is 0. The van der Waals surface area contributed by atoms with E-state index in [0.29, 0.717) is 17.9 Å². The molecule has 1 heterocycles. The lowest BCUT2D eigenvalue weighted by atomic mass is 10.2. The van der Waals surface area contributed by atoms with Gasteiger partial charge in [0.25, 0.3) is 0 Å². The van der Waals surface area contributed by atoms with Crippen LogP contribution >= 0.6 is 11.8 Å². The van der Waals surface area contributed by atoms with Crippen LogP contribution in [0.3, 0.4) is 0 Å². The Bertz CT molecular complexity index is 799. The van der Waals surface area contributed by atoms with Crippen molar-refractivity contribution in [1.82, 2.24) is 14.8 Å². The molecular formula is C18H16FN3S. The van der Waals surface area contributed by atoms with Gasteiger partial charge in [-0.1, -0.05) is 60.3 Å². The summed E-state index contributed by atoms with van der Waals surface area (Å²) < 4.78 is 15.9. The van der Waals surface area contributed by atoms with Crippen molar-refractivity contribution < 1.29 is 4.39 Å². The van der Waals surface area contributed by atoms with E-state index in [-0.39, 0.29) is 5.82 Å². The third-order valence-corrected chi connectivity index (χ3v) is 4.39. The van der Waals surface area contributed by atoms with Gasteiger partial charge in [-0.25, -0.2) is 4.39 Å². The number of rotatable bonds is 6. The molecule has 0 bridgehead atoms. The molecule has 0 fully saturated rings. The van der Waals surface area contributed by atoms with Crippen LogP contribution in [0.15, 0.2) is 72.4 Å². The second-order valence-electron chi connectivity index (χ2n) is 4.96. The van der Waals surface area contributed by atoms with Gasteiger partial charge in [0.05, 0.1) is 5.56 Å². The molecule has 5 heteroatoms. The fourth-order valence-corrected chi connectivity index (χ4v) is 3.16. The van der Waals surface area contributed by atoms with Crippen LogP contribution in [0.2, 0.25) is 0 Å². The molecule has 116 valence electrons. The van der Waals surface area contributed by atoms with Gasteiger partial charge in [-0.3, -0.25) is 4.57 Å². The van der Waals surface area contributed by atoms with E-state index in [1.165, 1.54) is 11.6 Å². The maximum Gasteiger partial charge on any atom is 0.192 e. The van der Waals surface area contributed by atoms with Crippen molar-refractivity contribution in [1.29, 1.82) is 0 Å². The quantitative estimate of drug-likeness (QED) is 0.491. The van der Waals surface area contributed by atoms with Crippen molar-refractivity contribution in [3.05, 3.63) is 78.6 Å². The molecule has 1 aromatic heterocycles. The first-order valence-electron chi connectivity index (χ1n) is 7.25. The second kappa shape index (κ2) is 7.24. The Labute approximate surface area is 138 Å². The van der Waals surface area contributed by atoms with Crippen LogP contribution < -0.4 is 0 Å². The largest absolute Gasteiger partial charge is 0.298 e. The van der Waals surface area contributed by atoms with E-state index in [2.05, 4.69) is 28.9 Å². The first-order chi connectivity index (χ1) is 11.3. The number of nitrogens with zero attached hydrogens (tertiary/aromatic N) is 3. The number of benzene rings is 2. The summed E-state index contributed by atoms with van der Waals surface area (Å²) in [7, 11) is 0. The smallest absolute Gasteiger partial charge is 0.192 e. The van der Waals surface area contributed by atoms with E-state index in [4.69, 9.17) is 0 Å². The Balaban J connectivity index is 1.90. The fourth-order valence-electron chi connectivity index (χ4n) is 2.25. The van der Waals surface area contributed by atoms with E-state index in [1.807, 2.05) is 22.8 Å². The first-order valence-corrected chi connectivity index (χ1v) is 8.24. The van der Waals surface area contributed by atoms with E-state index < -0.39 is 0 Å². The molecule has 23 heavy (non-hydrogen) atoms. The predicted molar refractivity (Wildman–Crippen MR) is 91.6 cm³/mol. The van der Waals surface area contributed by atoms with Crippen molar-refractivity contribution in [3.8, 4) is 11.4 Å². The summed E-state index contributed by atoms with van der Waals surface area (Å²) in [6, 6.07) is 16.7. The Morgan fingerprint density at radius 3 is 2.52 bits per heavy atom. The molecule has 3 nitrogen and oxygen atoms in total. The van der Waals surface area contributed by atoms with Gasteiger partial charge in [0, 0.05) is 12.3 Å². The van der Waals surface area contributed by atoms with Crippen LogP contribution in [-0.2, 0) is 12.3 Å². The molecule has 0 saturated heterocycles. The van der Waals surface area contributed by atoms with E-state index in [0.717, 1.165) is 10.9 Å². The zero-order chi connectivity index (χ0) is 16.1. The summed E-state index contributed by atoms with van der Waals surface area (Å²) in [6.45, 7) is 4.31. The highest BCUT2D eigenvalue weighted by atomic mass is 32.2. The molecular weight excluding hydrogens is 309 g/mol. The third kappa shape index (κ3) is 3.51. The molecule has 0 spiro atoms. The van der Waals surface area contributed by atoms with Crippen LogP contribution in [0, 0.1) is 5.82 Å². The van der Waals surface area contributed by atoms with Gasteiger partial charge in [-0.2, -0.15) is 0 Å². The summed E-state index contributed by atoms with van der Waals surface area (Å²) in [5, 5.41) is 9.17. The van der Waals surface area contributed by atoms with Crippen LogP contribution in [0.4, 0.5) is 4.39 Å². The normalized spacial score (nSPS) is 10.7. The Morgan fingerprint density at radius 1 is 1.04 bits per heavy atom. The molecule has 0 aliphatic rings. The zero-order valence-corrected chi connectivity index (χ0v) is 13.3. The van der Waals surface area contributed by atoms with Gasteiger partial charge in [-0.05, 0) is 17.7 Å². The van der Waals surface area contributed by atoms with Gasteiger partial charge in [-0.15, -0.1) is 16.8 Å². The molecule has 0 amide bonds. The molecule has 0 saturated carbocycles. The molecule has 0 aliphatic heterocycles. The molecule has 3 rings (SSSR count). The predicted octanol–water partition coefficient (Wildman–Crippen LogP) is 4.56.